The number of guanidine groups is 1. The molecule has 1 N–H and O–H groups in total. The van der Waals surface area contributed by atoms with E-state index in [1.807, 2.05) is 16.0 Å². The molecule has 0 atom stereocenters. The first-order chi connectivity index (χ1) is 10.7. The second-order valence-electron chi connectivity index (χ2n) is 5.71. The van der Waals surface area contributed by atoms with E-state index in [-0.39, 0.29) is 29.9 Å². The Labute approximate surface area is 158 Å². The summed E-state index contributed by atoms with van der Waals surface area (Å²) in [6.07, 6.45) is 5.29. The van der Waals surface area contributed by atoms with Crippen LogP contribution in [0.5, 0.6) is 0 Å². The number of hydrogen-bond acceptors (Lipinski definition) is 4. The van der Waals surface area contributed by atoms with Crippen LogP contribution in [-0.4, -0.2) is 59.4 Å². The van der Waals surface area contributed by atoms with Crippen LogP contribution in [0.3, 0.4) is 0 Å². The van der Waals surface area contributed by atoms with Gasteiger partial charge in [0.05, 0.1) is 13.1 Å². The van der Waals surface area contributed by atoms with Crippen LogP contribution in [-0.2, 0) is 17.8 Å². The molecule has 1 aliphatic heterocycles. The van der Waals surface area contributed by atoms with Crippen molar-refractivity contribution in [2.45, 2.75) is 38.8 Å². The first-order valence-corrected chi connectivity index (χ1v) is 8.71. The maximum absolute atomic E-state index is 12.2. The molecule has 8 heteroatoms. The van der Waals surface area contributed by atoms with Crippen molar-refractivity contribution in [2.24, 2.45) is 4.99 Å². The molecular formula is C15H24IN5OS. The van der Waals surface area contributed by atoms with Crippen molar-refractivity contribution in [3.8, 4) is 0 Å². The van der Waals surface area contributed by atoms with E-state index in [1.54, 1.807) is 18.4 Å². The van der Waals surface area contributed by atoms with Crippen molar-refractivity contribution in [3.63, 3.8) is 0 Å². The van der Waals surface area contributed by atoms with E-state index in [1.165, 1.54) is 17.7 Å². The Morgan fingerprint density at radius 3 is 2.83 bits per heavy atom. The van der Waals surface area contributed by atoms with E-state index < -0.39 is 0 Å². The Hall–Kier alpha value is -0.900. The summed E-state index contributed by atoms with van der Waals surface area (Å²) in [6, 6.07) is 0.507. The second-order valence-corrected chi connectivity index (χ2v) is 6.91. The molecule has 2 aliphatic rings. The van der Waals surface area contributed by atoms with Gasteiger partial charge in [-0.2, -0.15) is 0 Å². The molecule has 1 aliphatic carbocycles. The minimum absolute atomic E-state index is 0. The zero-order valence-corrected chi connectivity index (χ0v) is 16.8. The van der Waals surface area contributed by atoms with Gasteiger partial charge in [0.25, 0.3) is 0 Å². The van der Waals surface area contributed by atoms with E-state index in [2.05, 4.69) is 22.2 Å². The van der Waals surface area contributed by atoms with E-state index in [9.17, 15) is 4.79 Å². The fraction of sp³-hybridized carbons (Fsp3) is 0.667. The molecule has 3 rings (SSSR count). The Morgan fingerprint density at radius 2 is 2.26 bits per heavy atom. The molecule has 1 aromatic heterocycles. The SMILES string of the molecule is CCc1cnc(CNC(=NC)N2CCN(C3CC3)C(=O)C2)s1.I. The number of halogens is 1. The number of nitrogens with zero attached hydrogens (tertiary/aromatic N) is 4. The van der Waals surface area contributed by atoms with Crippen LogP contribution in [0.1, 0.15) is 29.7 Å². The number of carbonyl (C=O) groups excluding carboxylic acids is 1. The van der Waals surface area contributed by atoms with Gasteiger partial charge >= 0.3 is 0 Å². The van der Waals surface area contributed by atoms with Crippen LogP contribution in [0.25, 0.3) is 0 Å². The Balaban J connectivity index is 0.00000192. The summed E-state index contributed by atoms with van der Waals surface area (Å²) in [7, 11) is 1.76. The van der Waals surface area contributed by atoms with Gasteiger partial charge in [-0.05, 0) is 19.3 Å². The van der Waals surface area contributed by atoms with Gasteiger partial charge in [-0.25, -0.2) is 4.98 Å². The molecule has 0 spiro atoms. The molecule has 0 radical (unpaired) electrons. The average Bonchev–Trinajstić information content (AvgIpc) is 3.26. The lowest BCUT2D eigenvalue weighted by Gasteiger charge is -2.36. The minimum atomic E-state index is 0. The molecule has 1 amide bonds. The van der Waals surface area contributed by atoms with Gasteiger partial charge in [0, 0.05) is 37.3 Å². The normalized spacial score (nSPS) is 18.9. The van der Waals surface area contributed by atoms with Crippen molar-refractivity contribution in [1.29, 1.82) is 0 Å². The van der Waals surface area contributed by atoms with Crippen LogP contribution in [0.15, 0.2) is 11.2 Å². The predicted octanol–water partition coefficient (Wildman–Crippen LogP) is 1.71. The number of thiazole rings is 1. The van der Waals surface area contributed by atoms with Crippen molar-refractivity contribution >= 4 is 47.2 Å². The number of aromatic nitrogens is 1. The van der Waals surface area contributed by atoms with E-state index in [0.29, 0.717) is 19.1 Å². The zero-order chi connectivity index (χ0) is 15.5. The van der Waals surface area contributed by atoms with Gasteiger partial charge in [0.1, 0.15) is 5.01 Å². The van der Waals surface area contributed by atoms with Gasteiger partial charge in [-0.1, -0.05) is 6.92 Å². The lowest BCUT2D eigenvalue weighted by molar-refractivity contribution is -0.135. The number of nitrogens with one attached hydrogen (secondary N) is 1. The van der Waals surface area contributed by atoms with E-state index >= 15 is 0 Å². The molecule has 0 unspecified atom stereocenters. The monoisotopic (exact) mass is 449 g/mol. The van der Waals surface area contributed by atoms with Crippen LogP contribution in [0.4, 0.5) is 0 Å². The topological polar surface area (TPSA) is 60.8 Å². The molecule has 2 fully saturated rings. The summed E-state index contributed by atoms with van der Waals surface area (Å²) in [5.41, 5.74) is 0. The number of aliphatic imine (C=N–C) groups is 1. The molecule has 23 heavy (non-hydrogen) atoms. The fourth-order valence-electron chi connectivity index (χ4n) is 2.72. The number of carbonyl (C=O) groups is 1. The number of hydrogen-bond donors (Lipinski definition) is 1. The van der Waals surface area contributed by atoms with Crippen LogP contribution >= 0.6 is 35.3 Å². The third-order valence-electron chi connectivity index (χ3n) is 4.10. The number of piperazine rings is 1. The number of rotatable bonds is 4. The van der Waals surface area contributed by atoms with Gasteiger partial charge in [0.2, 0.25) is 5.91 Å². The van der Waals surface area contributed by atoms with Gasteiger partial charge in [-0.15, -0.1) is 35.3 Å². The highest BCUT2D eigenvalue weighted by molar-refractivity contribution is 14.0. The fourth-order valence-corrected chi connectivity index (χ4v) is 3.52. The van der Waals surface area contributed by atoms with E-state index in [0.717, 1.165) is 30.5 Å². The standard InChI is InChI=1S/C15H23N5OS.HI/c1-3-12-8-17-13(22-12)9-18-15(16-2)19-6-7-20(11-4-5-11)14(21)10-19;/h8,11H,3-7,9-10H2,1-2H3,(H,16,18);1H. The summed E-state index contributed by atoms with van der Waals surface area (Å²) >= 11 is 1.72. The van der Waals surface area contributed by atoms with Crippen molar-refractivity contribution in [2.75, 3.05) is 26.7 Å². The molecular weight excluding hydrogens is 425 g/mol. The molecule has 1 saturated carbocycles. The van der Waals surface area contributed by atoms with Gasteiger partial charge in [0.15, 0.2) is 5.96 Å². The van der Waals surface area contributed by atoms with Crippen LogP contribution in [0.2, 0.25) is 0 Å². The Morgan fingerprint density at radius 1 is 1.48 bits per heavy atom. The molecule has 2 heterocycles. The van der Waals surface area contributed by atoms with Crippen molar-refractivity contribution < 1.29 is 4.79 Å². The van der Waals surface area contributed by atoms with Gasteiger partial charge in [-0.3, -0.25) is 9.79 Å². The van der Waals surface area contributed by atoms with Crippen molar-refractivity contribution in [3.05, 3.63) is 16.1 Å². The first-order valence-electron chi connectivity index (χ1n) is 7.90. The highest BCUT2D eigenvalue weighted by atomic mass is 127. The Bertz CT molecular complexity index is 572. The molecule has 128 valence electrons. The van der Waals surface area contributed by atoms with Gasteiger partial charge < -0.3 is 15.1 Å². The summed E-state index contributed by atoms with van der Waals surface area (Å²) in [6.45, 7) is 4.87. The third-order valence-corrected chi connectivity index (χ3v) is 5.25. The lowest BCUT2D eigenvalue weighted by Crippen LogP contribution is -2.55. The quantitative estimate of drug-likeness (QED) is 0.432. The number of aryl methyl sites for hydroxylation is 1. The summed E-state index contributed by atoms with van der Waals surface area (Å²) < 4.78 is 0. The second kappa shape index (κ2) is 8.27. The third kappa shape index (κ3) is 4.56. The molecule has 1 aromatic rings. The summed E-state index contributed by atoms with van der Waals surface area (Å²) in [5, 5.41) is 4.38. The highest BCUT2D eigenvalue weighted by Gasteiger charge is 2.36. The molecule has 1 saturated heterocycles. The maximum Gasteiger partial charge on any atom is 0.242 e. The Kier molecular flexibility index (Phi) is 6.63. The highest BCUT2D eigenvalue weighted by Crippen LogP contribution is 2.28. The molecule has 0 bridgehead atoms. The minimum Gasteiger partial charge on any atom is -0.350 e. The van der Waals surface area contributed by atoms with Crippen LogP contribution < -0.4 is 5.32 Å². The summed E-state index contributed by atoms with van der Waals surface area (Å²) in [5.74, 6) is 1.01. The first kappa shape index (κ1) is 18.4. The van der Waals surface area contributed by atoms with Crippen molar-refractivity contribution in [1.82, 2.24) is 20.1 Å². The predicted molar refractivity (Wildman–Crippen MR) is 103 cm³/mol. The smallest absolute Gasteiger partial charge is 0.242 e. The zero-order valence-electron chi connectivity index (χ0n) is 13.6. The largest absolute Gasteiger partial charge is 0.350 e. The van der Waals surface area contributed by atoms with Crippen LogP contribution in [0, 0.1) is 0 Å². The van der Waals surface area contributed by atoms with E-state index in [4.69, 9.17) is 0 Å². The lowest BCUT2D eigenvalue weighted by atomic mass is 10.3. The number of amides is 1. The average molecular weight is 449 g/mol. The maximum atomic E-state index is 12.2. The molecule has 0 aromatic carbocycles. The molecule has 6 nitrogen and oxygen atoms in total. The summed E-state index contributed by atoms with van der Waals surface area (Å²) in [4.78, 5) is 26.3.